The third kappa shape index (κ3) is 7.36. The van der Waals surface area contributed by atoms with Crippen molar-refractivity contribution in [1.82, 2.24) is 4.67 Å². The van der Waals surface area contributed by atoms with Crippen LogP contribution in [0.4, 0.5) is 0 Å². The van der Waals surface area contributed by atoms with Gasteiger partial charge in [-0.05, 0) is 150 Å². The molecule has 0 amide bonds. The minimum Gasteiger partial charge on any atom is -0.296 e. The summed E-state index contributed by atoms with van der Waals surface area (Å²) in [6.45, 7) is 8.60. The summed E-state index contributed by atoms with van der Waals surface area (Å²) < 4.78 is 22.7. The van der Waals surface area contributed by atoms with Gasteiger partial charge in [0.15, 0.2) is 0 Å². The summed E-state index contributed by atoms with van der Waals surface area (Å²) in [5.74, 6) is 0. The summed E-state index contributed by atoms with van der Waals surface area (Å²) in [5, 5.41) is 3.84. The van der Waals surface area contributed by atoms with Gasteiger partial charge in [0.05, 0.1) is 0 Å². The van der Waals surface area contributed by atoms with Crippen LogP contribution in [0.2, 0.25) is 0 Å². The highest BCUT2D eigenvalue weighted by Crippen LogP contribution is 2.56. The average molecular weight is 971 g/mol. The van der Waals surface area contributed by atoms with Crippen LogP contribution in [0, 0.1) is 0 Å². The summed E-state index contributed by atoms with van der Waals surface area (Å²) >= 11 is 14.9. The molecular weight excluding hydrogens is 933 g/mol. The zero-order valence-electron chi connectivity index (χ0n) is 29.8. The van der Waals surface area contributed by atoms with Crippen molar-refractivity contribution in [2.24, 2.45) is 0 Å². The smallest absolute Gasteiger partial charge is 0.208 e. The molecule has 0 N–H and O–H groups in total. The minimum absolute atomic E-state index is 0.0193. The highest BCUT2D eigenvalue weighted by atomic mass is 79.9. The van der Waals surface area contributed by atoms with Gasteiger partial charge < -0.3 is 0 Å². The van der Waals surface area contributed by atoms with Crippen LogP contribution in [-0.2, 0) is 4.57 Å². The summed E-state index contributed by atoms with van der Waals surface area (Å²) in [6, 6.07) is 50.9. The quantitative estimate of drug-likeness (QED) is 0.134. The van der Waals surface area contributed by atoms with Crippen LogP contribution in [0.25, 0.3) is 55.3 Å². The lowest BCUT2D eigenvalue weighted by Gasteiger charge is -2.39. The molecule has 266 valence electrons. The van der Waals surface area contributed by atoms with E-state index < -0.39 is 7.29 Å². The van der Waals surface area contributed by atoms with Gasteiger partial charge in [0.1, 0.15) is 0 Å². The van der Waals surface area contributed by atoms with Crippen molar-refractivity contribution < 1.29 is 4.57 Å². The number of nitrogens with zero attached hydrogens (tertiary/aromatic N) is 1. The van der Waals surface area contributed by atoms with E-state index in [0.717, 1.165) is 83.8 Å². The van der Waals surface area contributed by atoms with E-state index in [9.17, 15) is 0 Å². The first kappa shape index (κ1) is 38.2. The predicted molar refractivity (Wildman–Crippen MR) is 242 cm³/mol. The fourth-order valence-electron chi connectivity index (χ4n) is 7.69. The average Bonchev–Trinajstić information content (AvgIpc) is 3.15. The lowest BCUT2D eigenvalue weighted by atomic mass is 9.79. The number of fused-ring (bicyclic) bond motifs is 1. The zero-order chi connectivity index (χ0) is 37.4. The van der Waals surface area contributed by atoms with Crippen molar-refractivity contribution in [3.63, 3.8) is 0 Å². The fraction of sp³-hybridized carbons (Fsp3) is 0.130. The number of rotatable bonds is 9. The molecule has 0 heterocycles. The van der Waals surface area contributed by atoms with E-state index in [1.165, 1.54) is 0 Å². The Balaban J connectivity index is 1.74. The largest absolute Gasteiger partial charge is 0.296 e. The topological polar surface area (TPSA) is 20.3 Å². The van der Waals surface area contributed by atoms with Gasteiger partial charge in [-0.3, -0.25) is 4.57 Å². The van der Waals surface area contributed by atoms with E-state index in [1.54, 1.807) is 0 Å². The molecular formula is C46H38Br4NOP. The van der Waals surface area contributed by atoms with Gasteiger partial charge in [0.25, 0.3) is 0 Å². The Kier molecular flexibility index (Phi) is 11.5. The summed E-state index contributed by atoms with van der Waals surface area (Å²) in [6.07, 6.45) is 0. The Hall–Kier alpha value is -3.09. The van der Waals surface area contributed by atoms with Crippen molar-refractivity contribution in [3.05, 3.63) is 163 Å². The number of hydrogen-bond donors (Lipinski definition) is 0. The third-order valence-corrected chi connectivity index (χ3v) is 15.4. The van der Waals surface area contributed by atoms with E-state index >= 15 is 4.57 Å². The molecule has 53 heavy (non-hydrogen) atoms. The number of hydrogen-bond acceptors (Lipinski definition) is 1. The molecule has 7 heteroatoms. The first-order chi connectivity index (χ1) is 25.5. The molecule has 0 aliphatic rings. The lowest BCUT2D eigenvalue weighted by Crippen LogP contribution is -2.41. The van der Waals surface area contributed by atoms with Crippen molar-refractivity contribution in [2.75, 3.05) is 0 Å². The highest BCUT2D eigenvalue weighted by molar-refractivity contribution is 9.11. The fourth-order valence-corrected chi connectivity index (χ4v) is 12.3. The highest BCUT2D eigenvalue weighted by Gasteiger charge is 2.40. The monoisotopic (exact) mass is 967 g/mol. The molecule has 1 atom stereocenters. The lowest BCUT2D eigenvalue weighted by molar-refractivity contribution is 0.307. The normalized spacial score (nSPS) is 12.9. The molecule has 7 aromatic rings. The van der Waals surface area contributed by atoms with Crippen LogP contribution in [0.3, 0.4) is 0 Å². The summed E-state index contributed by atoms with van der Waals surface area (Å²) in [4.78, 5) is 0. The molecule has 0 bridgehead atoms. The molecule has 0 aromatic heterocycles. The number of benzene rings is 7. The minimum atomic E-state index is -3.42. The Labute approximate surface area is 346 Å². The number of halogens is 4. The van der Waals surface area contributed by atoms with Gasteiger partial charge in [-0.2, -0.15) is 0 Å². The summed E-state index contributed by atoms with van der Waals surface area (Å²) in [7, 11) is -3.42. The van der Waals surface area contributed by atoms with Gasteiger partial charge in [-0.25, -0.2) is 4.67 Å². The van der Waals surface area contributed by atoms with E-state index in [0.29, 0.717) is 0 Å². The second kappa shape index (κ2) is 15.9. The first-order valence-electron chi connectivity index (χ1n) is 17.6. The van der Waals surface area contributed by atoms with E-state index in [2.05, 4.69) is 205 Å². The van der Waals surface area contributed by atoms with E-state index in [4.69, 9.17) is 0 Å². The van der Waals surface area contributed by atoms with Crippen molar-refractivity contribution in [3.8, 4) is 44.5 Å². The molecule has 0 aliphatic heterocycles. The van der Waals surface area contributed by atoms with E-state index in [-0.39, 0.29) is 12.1 Å². The predicted octanol–water partition coefficient (Wildman–Crippen LogP) is 14.9. The third-order valence-electron chi connectivity index (χ3n) is 9.66. The van der Waals surface area contributed by atoms with Crippen LogP contribution in [-0.4, -0.2) is 16.8 Å². The molecule has 7 rings (SSSR count). The van der Waals surface area contributed by atoms with Gasteiger partial charge in [-0.15, -0.1) is 0 Å². The molecule has 0 aliphatic carbocycles. The molecule has 0 spiro atoms. The van der Waals surface area contributed by atoms with Crippen LogP contribution < -0.4 is 10.6 Å². The van der Waals surface area contributed by atoms with Crippen LogP contribution in [0.1, 0.15) is 27.7 Å². The van der Waals surface area contributed by atoms with Crippen molar-refractivity contribution in [1.29, 1.82) is 0 Å². The van der Waals surface area contributed by atoms with Crippen LogP contribution in [0.15, 0.2) is 163 Å². The maximum absolute atomic E-state index is 16.5. The SMILES string of the molecule is CC(C)N(C(C)C)P(=O)(c1ccccc1)c1ccccc1-c1c(-c2ccc(Br)cc2)c(-c2ccc(Br)cc2)c(-c2ccc(Br)cc2)c2cc(Br)ccc12. The van der Waals surface area contributed by atoms with Crippen molar-refractivity contribution in [2.45, 2.75) is 39.8 Å². The Morgan fingerprint density at radius 1 is 0.453 bits per heavy atom. The maximum atomic E-state index is 16.5. The molecule has 0 saturated heterocycles. The Morgan fingerprint density at radius 2 is 0.887 bits per heavy atom. The Bertz CT molecular complexity index is 2450. The standard InChI is InChI=1S/C46H38Br4NOP/c1-29(2)51(30(3)4)53(52,38-10-6-5-7-11-38)42-13-9-8-12-40(42)46-39-27-26-37(50)28-41(39)43(31-14-20-34(47)21-15-31)44(32-16-22-35(48)23-17-32)45(46)33-18-24-36(49)25-19-33/h5-30H,1-4H3. The second-order valence-electron chi connectivity index (χ2n) is 13.7. The second-order valence-corrected chi connectivity index (χ2v) is 20.0. The van der Waals surface area contributed by atoms with Gasteiger partial charge in [-0.1, -0.05) is 143 Å². The molecule has 7 aromatic carbocycles. The first-order valence-corrected chi connectivity index (χ1v) is 22.4. The van der Waals surface area contributed by atoms with Gasteiger partial charge in [0, 0.05) is 40.6 Å². The molecule has 2 nitrogen and oxygen atoms in total. The van der Waals surface area contributed by atoms with Crippen molar-refractivity contribution >= 4 is 92.4 Å². The maximum Gasteiger partial charge on any atom is 0.208 e. The zero-order valence-corrected chi connectivity index (χ0v) is 37.1. The Morgan fingerprint density at radius 3 is 1.40 bits per heavy atom. The van der Waals surface area contributed by atoms with Gasteiger partial charge in [0.2, 0.25) is 7.29 Å². The molecule has 0 radical (unpaired) electrons. The molecule has 0 fully saturated rings. The van der Waals surface area contributed by atoms with Crippen LogP contribution >= 0.6 is 71.0 Å². The molecule has 1 unspecified atom stereocenters. The summed E-state index contributed by atoms with van der Waals surface area (Å²) in [5.41, 5.74) is 8.59. The van der Waals surface area contributed by atoms with E-state index in [1.807, 2.05) is 36.4 Å². The van der Waals surface area contributed by atoms with Crippen LogP contribution in [0.5, 0.6) is 0 Å². The van der Waals surface area contributed by atoms with Gasteiger partial charge >= 0.3 is 0 Å². The molecule has 0 saturated carbocycles.